The van der Waals surface area contributed by atoms with Crippen molar-refractivity contribution in [2.24, 2.45) is 7.05 Å². The highest BCUT2D eigenvalue weighted by Crippen LogP contribution is 2.27. The Hall–Kier alpha value is -1.07. The predicted molar refractivity (Wildman–Crippen MR) is 59.7 cm³/mol. The molecule has 0 bridgehead atoms. The van der Waals surface area contributed by atoms with Crippen LogP contribution in [-0.2, 0) is 12.9 Å². The molecule has 0 spiro atoms. The summed E-state index contributed by atoms with van der Waals surface area (Å²) in [6, 6.07) is 1.86. The predicted octanol–water partition coefficient (Wildman–Crippen LogP) is 2.72. The molecule has 80 valence electrons. The van der Waals surface area contributed by atoms with E-state index in [9.17, 15) is 0 Å². The number of nitrogens with zero attached hydrogens (tertiary/aromatic N) is 3. The number of rotatable bonds is 3. The maximum Gasteiger partial charge on any atom is 0.280 e. The van der Waals surface area contributed by atoms with Gasteiger partial charge < -0.3 is 4.74 Å². The fraction of sp³-hybridized carbons (Fsp3) is 0.333. The summed E-state index contributed by atoms with van der Waals surface area (Å²) in [5.74, 6) is 1.15. The van der Waals surface area contributed by atoms with Crippen molar-refractivity contribution in [2.75, 3.05) is 0 Å². The Bertz CT molecular complexity index is 466. The Morgan fingerprint density at radius 2 is 2.40 bits per heavy atom. The summed E-state index contributed by atoms with van der Waals surface area (Å²) in [6.07, 6.45) is 1.72. The summed E-state index contributed by atoms with van der Waals surface area (Å²) in [4.78, 5) is 5.09. The van der Waals surface area contributed by atoms with Gasteiger partial charge in [0.1, 0.15) is 0 Å². The van der Waals surface area contributed by atoms with Crippen LogP contribution in [0.15, 0.2) is 12.3 Å². The van der Waals surface area contributed by atoms with E-state index >= 15 is 0 Å². The molecule has 0 saturated heterocycles. The van der Waals surface area contributed by atoms with E-state index in [1.807, 2.05) is 20.0 Å². The van der Waals surface area contributed by atoms with Crippen LogP contribution in [0.1, 0.15) is 10.6 Å². The number of hydrogen-bond donors (Lipinski definition) is 0. The van der Waals surface area contributed by atoms with Gasteiger partial charge in [-0.15, -0.1) is 11.6 Å². The van der Waals surface area contributed by atoms with Crippen molar-refractivity contribution in [1.29, 1.82) is 0 Å². The molecule has 0 radical (unpaired) electrons. The van der Waals surface area contributed by atoms with Crippen LogP contribution in [0.5, 0.6) is 11.1 Å². The van der Waals surface area contributed by atoms with Gasteiger partial charge in [0.25, 0.3) is 5.19 Å². The van der Waals surface area contributed by atoms with Gasteiger partial charge in [0.05, 0.1) is 11.6 Å². The molecule has 2 aromatic heterocycles. The van der Waals surface area contributed by atoms with Crippen LogP contribution in [0, 0.1) is 6.92 Å². The summed E-state index contributed by atoms with van der Waals surface area (Å²) in [5.41, 5.74) is 0.918. The number of alkyl halides is 1. The van der Waals surface area contributed by atoms with Gasteiger partial charge in [0.15, 0.2) is 0 Å². The quantitative estimate of drug-likeness (QED) is 0.779. The van der Waals surface area contributed by atoms with Crippen LogP contribution in [0.25, 0.3) is 0 Å². The van der Waals surface area contributed by atoms with E-state index in [0.29, 0.717) is 17.0 Å². The second-order valence-electron chi connectivity index (χ2n) is 3.08. The Labute approximate surface area is 96.5 Å². The Morgan fingerprint density at radius 1 is 1.60 bits per heavy atom. The molecule has 0 fully saturated rings. The third-order valence-electron chi connectivity index (χ3n) is 1.81. The normalized spacial score (nSPS) is 10.6. The van der Waals surface area contributed by atoms with Crippen LogP contribution < -0.4 is 4.74 Å². The lowest BCUT2D eigenvalue weighted by Gasteiger charge is -1.99. The lowest BCUT2D eigenvalue weighted by Crippen LogP contribution is -1.94. The summed E-state index contributed by atoms with van der Waals surface area (Å²) < 4.78 is 7.24. The van der Waals surface area contributed by atoms with Crippen LogP contribution in [-0.4, -0.2) is 14.8 Å². The molecule has 0 aliphatic heterocycles. The number of thiazole rings is 1. The summed E-state index contributed by atoms with van der Waals surface area (Å²) in [6.45, 7) is 1.92. The first-order valence-corrected chi connectivity index (χ1v) is 5.73. The second-order valence-corrected chi connectivity index (χ2v) is 4.42. The van der Waals surface area contributed by atoms with Crippen molar-refractivity contribution in [3.05, 3.63) is 22.8 Å². The highest BCUT2D eigenvalue weighted by Gasteiger charge is 2.07. The van der Waals surface area contributed by atoms with E-state index in [4.69, 9.17) is 16.3 Å². The monoisotopic (exact) mass is 243 g/mol. The number of halogens is 1. The zero-order valence-electron chi connectivity index (χ0n) is 8.40. The van der Waals surface area contributed by atoms with Crippen molar-refractivity contribution >= 4 is 22.9 Å². The Kier molecular flexibility index (Phi) is 2.93. The second kappa shape index (κ2) is 4.20. The molecule has 0 aliphatic carbocycles. The first-order chi connectivity index (χ1) is 7.19. The molecule has 4 nitrogen and oxygen atoms in total. The minimum atomic E-state index is 0.464. The number of aromatic nitrogens is 3. The first-order valence-electron chi connectivity index (χ1n) is 4.38. The molecule has 2 aromatic rings. The van der Waals surface area contributed by atoms with Crippen LogP contribution >= 0.6 is 22.9 Å². The van der Waals surface area contributed by atoms with Crippen LogP contribution in [0.4, 0.5) is 0 Å². The highest BCUT2D eigenvalue weighted by molar-refractivity contribution is 7.13. The van der Waals surface area contributed by atoms with Gasteiger partial charge in [-0.1, -0.05) is 11.3 Å². The molecule has 6 heteroatoms. The van der Waals surface area contributed by atoms with E-state index in [0.717, 1.165) is 10.6 Å². The van der Waals surface area contributed by atoms with Crippen molar-refractivity contribution in [3.63, 3.8) is 0 Å². The number of ether oxygens (including phenoxy) is 1. The van der Waals surface area contributed by atoms with Gasteiger partial charge >= 0.3 is 0 Å². The van der Waals surface area contributed by atoms with Gasteiger partial charge in [0, 0.05) is 24.2 Å². The van der Waals surface area contributed by atoms with E-state index in [-0.39, 0.29) is 0 Å². The topological polar surface area (TPSA) is 39.9 Å². The maximum atomic E-state index is 5.68. The van der Waals surface area contributed by atoms with Crippen molar-refractivity contribution in [3.8, 4) is 11.1 Å². The maximum absolute atomic E-state index is 5.68. The van der Waals surface area contributed by atoms with Crippen LogP contribution in [0.3, 0.4) is 0 Å². The molecule has 2 rings (SSSR count). The molecule has 15 heavy (non-hydrogen) atoms. The van der Waals surface area contributed by atoms with E-state index in [1.54, 1.807) is 10.9 Å². The molecular formula is C9H10ClN3OS. The van der Waals surface area contributed by atoms with Gasteiger partial charge in [-0.25, -0.2) is 9.67 Å². The zero-order valence-corrected chi connectivity index (χ0v) is 9.97. The zero-order chi connectivity index (χ0) is 10.8. The van der Waals surface area contributed by atoms with Crippen LogP contribution in [0.2, 0.25) is 0 Å². The molecule has 0 N–H and O–H groups in total. The minimum Gasteiger partial charge on any atom is -0.412 e. The molecule has 0 aliphatic rings. The fourth-order valence-corrected chi connectivity index (χ4v) is 2.02. The highest BCUT2D eigenvalue weighted by atomic mass is 35.5. The van der Waals surface area contributed by atoms with E-state index in [2.05, 4.69) is 10.1 Å². The van der Waals surface area contributed by atoms with Gasteiger partial charge in [-0.05, 0) is 6.92 Å². The molecule has 0 aromatic carbocycles. The van der Waals surface area contributed by atoms with Gasteiger partial charge in [-0.3, -0.25) is 0 Å². The van der Waals surface area contributed by atoms with Crippen molar-refractivity contribution in [2.45, 2.75) is 12.8 Å². The number of aryl methyl sites for hydroxylation is 2. The fourth-order valence-electron chi connectivity index (χ4n) is 1.17. The average molecular weight is 244 g/mol. The van der Waals surface area contributed by atoms with E-state index in [1.165, 1.54) is 11.3 Å². The Balaban J connectivity index is 2.17. The first kappa shape index (κ1) is 10.4. The molecule has 0 atom stereocenters. The van der Waals surface area contributed by atoms with Crippen molar-refractivity contribution in [1.82, 2.24) is 14.8 Å². The lowest BCUT2D eigenvalue weighted by molar-refractivity contribution is 0.428. The third-order valence-corrected chi connectivity index (χ3v) is 3.14. The number of hydrogen-bond acceptors (Lipinski definition) is 4. The summed E-state index contributed by atoms with van der Waals surface area (Å²) >= 11 is 7.12. The largest absolute Gasteiger partial charge is 0.412 e. The van der Waals surface area contributed by atoms with Gasteiger partial charge in [0.2, 0.25) is 5.88 Å². The van der Waals surface area contributed by atoms with Gasteiger partial charge in [-0.2, -0.15) is 5.10 Å². The smallest absolute Gasteiger partial charge is 0.280 e. The molecule has 0 amide bonds. The Morgan fingerprint density at radius 3 is 2.93 bits per heavy atom. The molecule has 0 saturated carbocycles. The third kappa shape index (κ3) is 2.30. The summed E-state index contributed by atoms with van der Waals surface area (Å²) in [7, 11) is 1.83. The SMILES string of the molecule is Cc1cc(Oc2ncc(CCl)s2)n(C)n1. The molecule has 0 unspecified atom stereocenters. The van der Waals surface area contributed by atoms with Crippen molar-refractivity contribution < 1.29 is 4.74 Å². The minimum absolute atomic E-state index is 0.464. The molecule has 2 heterocycles. The average Bonchev–Trinajstić information content (AvgIpc) is 2.75. The van der Waals surface area contributed by atoms with E-state index < -0.39 is 0 Å². The molecular weight excluding hydrogens is 234 g/mol. The summed E-state index contributed by atoms with van der Waals surface area (Å²) in [5, 5.41) is 4.77. The standard InChI is InChI=1S/C9H10ClN3OS/c1-6-3-8(13(2)12-6)14-9-11-5-7(4-10)15-9/h3,5H,4H2,1-2H3. The lowest BCUT2D eigenvalue weighted by atomic mass is 10.5.